The summed E-state index contributed by atoms with van der Waals surface area (Å²) in [6.45, 7) is 3.96. The van der Waals surface area contributed by atoms with Gasteiger partial charge in [0.05, 0.1) is 6.10 Å². The average Bonchev–Trinajstić information content (AvgIpc) is 2.50. The first-order valence-electron chi connectivity index (χ1n) is 7.98. The molecular formula is C17H25BrFNO. The summed E-state index contributed by atoms with van der Waals surface area (Å²) in [6.07, 6.45) is 7.08. The monoisotopic (exact) mass is 357 g/mol. The number of ether oxygens (including phenoxy) is 1. The Balaban J connectivity index is 1.89. The van der Waals surface area contributed by atoms with Gasteiger partial charge in [-0.05, 0) is 68.8 Å². The summed E-state index contributed by atoms with van der Waals surface area (Å²) in [7, 11) is 0. The summed E-state index contributed by atoms with van der Waals surface area (Å²) >= 11 is 3.52. The van der Waals surface area contributed by atoms with Crippen LogP contribution in [0.2, 0.25) is 0 Å². The van der Waals surface area contributed by atoms with Crippen molar-refractivity contribution in [3.8, 4) is 0 Å². The summed E-state index contributed by atoms with van der Waals surface area (Å²) < 4.78 is 20.2. The van der Waals surface area contributed by atoms with Gasteiger partial charge in [-0.2, -0.15) is 0 Å². The van der Waals surface area contributed by atoms with Crippen LogP contribution in [0.15, 0.2) is 22.7 Å². The third-order valence-electron chi connectivity index (χ3n) is 4.08. The Bertz CT molecular complexity index is 435. The first-order chi connectivity index (χ1) is 10.2. The van der Waals surface area contributed by atoms with E-state index >= 15 is 0 Å². The SMILES string of the molecule is CCNC(CCC1CCCCO1)Cc1cc(F)ccc1Br. The highest BCUT2D eigenvalue weighted by Gasteiger charge is 2.17. The topological polar surface area (TPSA) is 21.3 Å². The minimum atomic E-state index is -0.168. The molecule has 1 fully saturated rings. The molecule has 1 aromatic carbocycles. The second-order valence-electron chi connectivity index (χ2n) is 5.76. The van der Waals surface area contributed by atoms with Gasteiger partial charge < -0.3 is 10.1 Å². The van der Waals surface area contributed by atoms with Crippen molar-refractivity contribution in [3.63, 3.8) is 0 Å². The van der Waals surface area contributed by atoms with Gasteiger partial charge in [-0.3, -0.25) is 0 Å². The maximum absolute atomic E-state index is 13.4. The van der Waals surface area contributed by atoms with E-state index in [1.165, 1.54) is 25.3 Å². The Hall–Kier alpha value is -0.450. The van der Waals surface area contributed by atoms with Gasteiger partial charge in [-0.15, -0.1) is 0 Å². The molecule has 118 valence electrons. The van der Waals surface area contributed by atoms with Crippen molar-refractivity contribution in [2.75, 3.05) is 13.2 Å². The number of likely N-dealkylation sites (N-methyl/N-ethyl adjacent to an activating group) is 1. The van der Waals surface area contributed by atoms with Crippen molar-refractivity contribution < 1.29 is 9.13 Å². The van der Waals surface area contributed by atoms with Gasteiger partial charge in [0.2, 0.25) is 0 Å². The minimum absolute atomic E-state index is 0.168. The van der Waals surface area contributed by atoms with E-state index in [1.54, 1.807) is 12.1 Å². The van der Waals surface area contributed by atoms with Crippen LogP contribution >= 0.6 is 15.9 Å². The van der Waals surface area contributed by atoms with Gasteiger partial charge in [-0.1, -0.05) is 22.9 Å². The van der Waals surface area contributed by atoms with Gasteiger partial charge >= 0.3 is 0 Å². The predicted octanol–water partition coefficient (Wildman–Crippen LogP) is 4.46. The molecule has 0 radical (unpaired) electrons. The molecule has 1 heterocycles. The lowest BCUT2D eigenvalue weighted by Crippen LogP contribution is -2.33. The molecule has 1 N–H and O–H groups in total. The van der Waals surface area contributed by atoms with Crippen LogP contribution in [0.4, 0.5) is 4.39 Å². The van der Waals surface area contributed by atoms with Gasteiger partial charge in [0.15, 0.2) is 0 Å². The van der Waals surface area contributed by atoms with Crippen LogP contribution in [0.1, 0.15) is 44.6 Å². The summed E-state index contributed by atoms with van der Waals surface area (Å²) in [5, 5.41) is 3.52. The first kappa shape index (κ1) is 16.9. The molecule has 0 aromatic heterocycles. The quantitative estimate of drug-likeness (QED) is 0.777. The maximum Gasteiger partial charge on any atom is 0.123 e. The third-order valence-corrected chi connectivity index (χ3v) is 4.85. The summed E-state index contributed by atoms with van der Waals surface area (Å²) in [4.78, 5) is 0. The summed E-state index contributed by atoms with van der Waals surface area (Å²) in [6, 6.07) is 5.29. The zero-order chi connectivity index (χ0) is 15.1. The van der Waals surface area contributed by atoms with Crippen molar-refractivity contribution in [1.82, 2.24) is 5.32 Å². The molecule has 1 saturated heterocycles. The molecule has 0 amide bonds. The zero-order valence-corrected chi connectivity index (χ0v) is 14.3. The second kappa shape index (κ2) is 8.86. The van der Waals surface area contributed by atoms with Crippen molar-refractivity contribution in [2.45, 2.75) is 57.6 Å². The summed E-state index contributed by atoms with van der Waals surface area (Å²) in [5.74, 6) is -0.168. The van der Waals surface area contributed by atoms with Gasteiger partial charge in [0.25, 0.3) is 0 Å². The van der Waals surface area contributed by atoms with Crippen molar-refractivity contribution in [3.05, 3.63) is 34.1 Å². The highest BCUT2D eigenvalue weighted by Crippen LogP contribution is 2.22. The standard InChI is InChI=1S/C17H25BrFNO/c1-2-20-15(7-8-16-5-3-4-10-21-16)12-13-11-14(19)6-9-17(13)18/h6,9,11,15-16,20H,2-5,7-8,10,12H2,1H3. The van der Waals surface area contributed by atoms with E-state index < -0.39 is 0 Å². The molecule has 1 aliphatic rings. The molecule has 0 bridgehead atoms. The molecular weight excluding hydrogens is 333 g/mol. The molecule has 21 heavy (non-hydrogen) atoms. The largest absolute Gasteiger partial charge is 0.378 e. The molecule has 2 nitrogen and oxygen atoms in total. The van der Waals surface area contributed by atoms with E-state index in [4.69, 9.17) is 4.74 Å². The lowest BCUT2D eigenvalue weighted by atomic mass is 9.97. The lowest BCUT2D eigenvalue weighted by molar-refractivity contribution is 0.00860. The van der Waals surface area contributed by atoms with E-state index in [2.05, 4.69) is 28.2 Å². The van der Waals surface area contributed by atoms with Gasteiger partial charge in [0.1, 0.15) is 5.82 Å². The Morgan fingerprint density at radius 2 is 2.29 bits per heavy atom. The first-order valence-corrected chi connectivity index (χ1v) is 8.77. The predicted molar refractivity (Wildman–Crippen MR) is 88.1 cm³/mol. The molecule has 4 heteroatoms. The smallest absolute Gasteiger partial charge is 0.123 e. The highest BCUT2D eigenvalue weighted by atomic mass is 79.9. The van der Waals surface area contributed by atoms with Crippen molar-refractivity contribution in [1.29, 1.82) is 0 Å². The molecule has 2 atom stereocenters. The van der Waals surface area contributed by atoms with Crippen LogP contribution in [0.25, 0.3) is 0 Å². The van der Waals surface area contributed by atoms with Gasteiger partial charge in [-0.25, -0.2) is 4.39 Å². The third kappa shape index (κ3) is 5.68. The fourth-order valence-electron chi connectivity index (χ4n) is 2.95. The lowest BCUT2D eigenvalue weighted by Gasteiger charge is -2.25. The molecule has 2 unspecified atom stereocenters. The normalized spacial score (nSPS) is 20.4. The van der Waals surface area contributed by atoms with Crippen LogP contribution in [-0.2, 0) is 11.2 Å². The second-order valence-corrected chi connectivity index (χ2v) is 6.61. The van der Waals surface area contributed by atoms with Gasteiger partial charge in [0, 0.05) is 17.1 Å². The Morgan fingerprint density at radius 1 is 1.43 bits per heavy atom. The zero-order valence-electron chi connectivity index (χ0n) is 12.7. The van der Waals surface area contributed by atoms with E-state index in [0.29, 0.717) is 12.1 Å². The Kier molecular flexibility index (Phi) is 7.14. The number of nitrogens with one attached hydrogen (secondary N) is 1. The van der Waals surface area contributed by atoms with Crippen LogP contribution < -0.4 is 5.32 Å². The Labute approximate surface area is 135 Å². The van der Waals surface area contributed by atoms with Crippen LogP contribution in [0.5, 0.6) is 0 Å². The maximum atomic E-state index is 13.4. The molecule has 1 aliphatic heterocycles. The van der Waals surface area contributed by atoms with Crippen LogP contribution in [0.3, 0.4) is 0 Å². The Morgan fingerprint density at radius 3 is 3.00 bits per heavy atom. The van der Waals surface area contributed by atoms with Crippen molar-refractivity contribution >= 4 is 15.9 Å². The van der Waals surface area contributed by atoms with Crippen molar-refractivity contribution in [2.24, 2.45) is 0 Å². The highest BCUT2D eigenvalue weighted by molar-refractivity contribution is 9.10. The number of halogens is 2. The van der Waals surface area contributed by atoms with E-state index in [-0.39, 0.29) is 5.82 Å². The molecule has 0 saturated carbocycles. The molecule has 0 aliphatic carbocycles. The molecule has 0 spiro atoms. The average molecular weight is 358 g/mol. The van der Waals surface area contributed by atoms with E-state index in [9.17, 15) is 4.39 Å². The number of hydrogen-bond donors (Lipinski definition) is 1. The molecule has 2 rings (SSSR count). The number of benzene rings is 1. The fraction of sp³-hybridized carbons (Fsp3) is 0.647. The minimum Gasteiger partial charge on any atom is -0.378 e. The fourth-order valence-corrected chi connectivity index (χ4v) is 3.36. The number of hydrogen-bond acceptors (Lipinski definition) is 2. The summed E-state index contributed by atoms with van der Waals surface area (Å²) in [5.41, 5.74) is 1.03. The van der Waals surface area contributed by atoms with Crippen LogP contribution in [-0.4, -0.2) is 25.3 Å². The van der Waals surface area contributed by atoms with E-state index in [0.717, 1.165) is 42.5 Å². The number of rotatable bonds is 7. The van der Waals surface area contributed by atoms with Crippen LogP contribution in [0, 0.1) is 5.82 Å². The molecule has 1 aromatic rings. The van der Waals surface area contributed by atoms with E-state index in [1.807, 2.05) is 0 Å².